The molecular formula is C9H11ClF3N. The molecule has 0 fully saturated rings. The van der Waals surface area contributed by atoms with Gasteiger partial charge >= 0.3 is 6.18 Å². The third-order valence-electron chi connectivity index (χ3n) is 1.90. The number of hydrogen-bond donors (Lipinski definition) is 1. The molecule has 0 aliphatic heterocycles. The topological polar surface area (TPSA) is 26.0 Å². The first-order valence-corrected chi connectivity index (χ1v) is 3.82. The Hall–Kier alpha value is -0.740. The molecule has 0 radical (unpaired) electrons. The summed E-state index contributed by atoms with van der Waals surface area (Å²) in [5, 5.41) is 0. The van der Waals surface area contributed by atoms with Crippen LogP contribution < -0.4 is 5.73 Å². The first-order valence-electron chi connectivity index (χ1n) is 3.82. The molecule has 0 aliphatic rings. The summed E-state index contributed by atoms with van der Waals surface area (Å²) in [5.41, 5.74) is 5.98. The lowest BCUT2D eigenvalue weighted by molar-refractivity contribution is -0.137. The van der Waals surface area contributed by atoms with E-state index in [2.05, 4.69) is 0 Å². The molecule has 0 amide bonds. The van der Waals surface area contributed by atoms with Crippen molar-refractivity contribution in [3.8, 4) is 0 Å². The molecule has 5 heteroatoms. The van der Waals surface area contributed by atoms with Crippen molar-refractivity contribution in [2.24, 2.45) is 5.73 Å². The van der Waals surface area contributed by atoms with E-state index in [9.17, 15) is 13.2 Å². The van der Waals surface area contributed by atoms with Gasteiger partial charge in [-0.3, -0.25) is 0 Å². The number of rotatable bonds is 1. The van der Waals surface area contributed by atoms with Crippen molar-refractivity contribution in [1.82, 2.24) is 0 Å². The van der Waals surface area contributed by atoms with Gasteiger partial charge in [0.1, 0.15) is 0 Å². The fraction of sp³-hybridized carbons (Fsp3) is 0.333. The first kappa shape index (κ1) is 13.3. The van der Waals surface area contributed by atoms with Crippen molar-refractivity contribution >= 4 is 12.4 Å². The summed E-state index contributed by atoms with van der Waals surface area (Å²) in [4.78, 5) is 0. The maximum absolute atomic E-state index is 12.2. The summed E-state index contributed by atoms with van der Waals surface area (Å²) >= 11 is 0. The summed E-state index contributed by atoms with van der Waals surface area (Å²) in [5.74, 6) is 0. The third-order valence-corrected chi connectivity index (χ3v) is 1.90. The standard InChI is InChI=1S/C9H10F3N.ClH/c1-6-2-3-8(9(10,11)12)4-7(6)5-13;/h2-4H,5,13H2,1H3;1H. The molecule has 0 heterocycles. The minimum atomic E-state index is -4.28. The Balaban J connectivity index is 0.00000169. The van der Waals surface area contributed by atoms with E-state index in [1.54, 1.807) is 6.92 Å². The molecule has 0 bridgehead atoms. The fourth-order valence-electron chi connectivity index (χ4n) is 1.07. The molecule has 2 N–H and O–H groups in total. The maximum atomic E-state index is 12.2. The summed E-state index contributed by atoms with van der Waals surface area (Å²) in [6, 6.07) is 3.59. The molecule has 0 spiro atoms. The number of hydrogen-bond acceptors (Lipinski definition) is 1. The van der Waals surface area contributed by atoms with Gasteiger partial charge in [-0.1, -0.05) is 6.07 Å². The van der Waals surface area contributed by atoms with Crippen LogP contribution in [-0.2, 0) is 12.7 Å². The van der Waals surface area contributed by atoms with Gasteiger partial charge in [0.15, 0.2) is 0 Å². The number of benzene rings is 1. The highest BCUT2D eigenvalue weighted by atomic mass is 35.5. The van der Waals surface area contributed by atoms with Crippen LogP contribution in [0, 0.1) is 6.92 Å². The molecule has 1 rings (SSSR count). The SMILES string of the molecule is Cc1ccc(C(F)(F)F)cc1CN.Cl. The van der Waals surface area contributed by atoms with Crippen molar-refractivity contribution < 1.29 is 13.2 Å². The third kappa shape index (κ3) is 2.89. The highest BCUT2D eigenvalue weighted by Gasteiger charge is 2.30. The summed E-state index contributed by atoms with van der Waals surface area (Å²) < 4.78 is 36.6. The normalized spacial score (nSPS) is 10.9. The molecule has 14 heavy (non-hydrogen) atoms. The summed E-state index contributed by atoms with van der Waals surface area (Å²) in [6.45, 7) is 1.87. The van der Waals surface area contributed by atoms with Crippen LogP contribution >= 0.6 is 12.4 Å². The molecule has 0 aromatic heterocycles. The summed E-state index contributed by atoms with van der Waals surface area (Å²) in [6.07, 6.45) is -4.28. The first-order chi connectivity index (χ1) is 5.95. The van der Waals surface area contributed by atoms with Crippen LogP contribution in [0.5, 0.6) is 0 Å². The van der Waals surface area contributed by atoms with Gasteiger partial charge < -0.3 is 5.73 Å². The number of halogens is 4. The Labute approximate surface area is 86.5 Å². The van der Waals surface area contributed by atoms with E-state index in [1.807, 2.05) is 0 Å². The van der Waals surface area contributed by atoms with E-state index in [1.165, 1.54) is 6.07 Å². The van der Waals surface area contributed by atoms with Gasteiger partial charge in [-0.2, -0.15) is 13.2 Å². The molecular weight excluding hydrogens is 215 g/mol. The molecule has 0 atom stereocenters. The monoisotopic (exact) mass is 225 g/mol. The zero-order valence-corrected chi connectivity index (χ0v) is 8.38. The molecule has 1 nitrogen and oxygen atoms in total. The van der Waals surface area contributed by atoms with Gasteiger partial charge in [-0.15, -0.1) is 12.4 Å². The van der Waals surface area contributed by atoms with Crippen LogP contribution in [0.2, 0.25) is 0 Å². The van der Waals surface area contributed by atoms with Crippen molar-refractivity contribution in [3.63, 3.8) is 0 Å². The van der Waals surface area contributed by atoms with Crippen LogP contribution in [0.3, 0.4) is 0 Å². The Morgan fingerprint density at radius 3 is 2.29 bits per heavy atom. The van der Waals surface area contributed by atoms with Crippen LogP contribution in [-0.4, -0.2) is 0 Å². The molecule has 0 aliphatic carbocycles. The molecule has 0 saturated carbocycles. The van der Waals surface area contributed by atoms with Gasteiger partial charge in [-0.05, 0) is 30.2 Å². The Kier molecular flexibility index (Phi) is 4.42. The zero-order chi connectivity index (χ0) is 10.1. The number of aryl methyl sites for hydroxylation is 1. The second-order valence-corrected chi connectivity index (χ2v) is 2.84. The van der Waals surface area contributed by atoms with Crippen LogP contribution in [0.25, 0.3) is 0 Å². The minimum Gasteiger partial charge on any atom is -0.326 e. The van der Waals surface area contributed by atoms with Crippen LogP contribution in [0.1, 0.15) is 16.7 Å². The average Bonchev–Trinajstić information content (AvgIpc) is 2.03. The Bertz CT molecular complexity index is 309. The van der Waals surface area contributed by atoms with Crippen molar-refractivity contribution in [1.29, 1.82) is 0 Å². The summed E-state index contributed by atoms with van der Waals surface area (Å²) in [7, 11) is 0. The molecule has 80 valence electrons. The van der Waals surface area contributed by atoms with Gasteiger partial charge in [-0.25, -0.2) is 0 Å². The van der Waals surface area contributed by atoms with Crippen molar-refractivity contribution in [3.05, 3.63) is 34.9 Å². The molecule has 1 aromatic rings. The second kappa shape index (κ2) is 4.66. The van der Waals surface area contributed by atoms with E-state index in [0.717, 1.165) is 17.7 Å². The number of alkyl halides is 3. The predicted octanol–water partition coefficient (Wildman–Crippen LogP) is 2.89. The largest absolute Gasteiger partial charge is 0.416 e. The van der Waals surface area contributed by atoms with Gasteiger partial charge in [0, 0.05) is 6.54 Å². The van der Waals surface area contributed by atoms with Crippen molar-refractivity contribution in [2.75, 3.05) is 0 Å². The van der Waals surface area contributed by atoms with E-state index in [4.69, 9.17) is 5.73 Å². The average molecular weight is 226 g/mol. The van der Waals surface area contributed by atoms with Gasteiger partial charge in [0.25, 0.3) is 0 Å². The van der Waals surface area contributed by atoms with E-state index in [0.29, 0.717) is 5.56 Å². The highest BCUT2D eigenvalue weighted by molar-refractivity contribution is 5.85. The maximum Gasteiger partial charge on any atom is 0.416 e. The Morgan fingerprint density at radius 2 is 1.86 bits per heavy atom. The lowest BCUT2D eigenvalue weighted by atomic mass is 10.1. The fourth-order valence-corrected chi connectivity index (χ4v) is 1.07. The van der Waals surface area contributed by atoms with Crippen LogP contribution in [0.4, 0.5) is 13.2 Å². The van der Waals surface area contributed by atoms with E-state index in [-0.39, 0.29) is 19.0 Å². The zero-order valence-electron chi connectivity index (χ0n) is 7.56. The van der Waals surface area contributed by atoms with E-state index < -0.39 is 11.7 Å². The lowest BCUT2D eigenvalue weighted by Crippen LogP contribution is -2.07. The Morgan fingerprint density at radius 1 is 1.29 bits per heavy atom. The highest BCUT2D eigenvalue weighted by Crippen LogP contribution is 2.30. The van der Waals surface area contributed by atoms with E-state index >= 15 is 0 Å². The smallest absolute Gasteiger partial charge is 0.326 e. The lowest BCUT2D eigenvalue weighted by Gasteiger charge is -2.09. The molecule has 0 saturated heterocycles. The quantitative estimate of drug-likeness (QED) is 0.782. The van der Waals surface area contributed by atoms with Gasteiger partial charge in [0.2, 0.25) is 0 Å². The van der Waals surface area contributed by atoms with Gasteiger partial charge in [0.05, 0.1) is 5.56 Å². The molecule has 1 aromatic carbocycles. The van der Waals surface area contributed by atoms with Crippen LogP contribution in [0.15, 0.2) is 18.2 Å². The minimum absolute atomic E-state index is 0. The van der Waals surface area contributed by atoms with Crippen molar-refractivity contribution in [2.45, 2.75) is 19.6 Å². The number of nitrogens with two attached hydrogens (primary N) is 1. The second-order valence-electron chi connectivity index (χ2n) is 2.84. The predicted molar refractivity (Wildman–Crippen MR) is 51.3 cm³/mol. The molecule has 0 unspecified atom stereocenters.